The Hall–Kier alpha value is -3.38. The zero-order chi connectivity index (χ0) is 15.6. The largest absolute Gasteiger partial charge is 0.445 e. The Bertz CT molecular complexity index is 725. The van der Waals surface area contributed by atoms with Crippen molar-refractivity contribution in [2.24, 2.45) is 0 Å². The van der Waals surface area contributed by atoms with Gasteiger partial charge in [0.1, 0.15) is 12.7 Å². The van der Waals surface area contributed by atoms with Gasteiger partial charge in [-0.3, -0.25) is 0 Å². The molecule has 6 nitrogen and oxygen atoms in total. The highest BCUT2D eigenvalue weighted by atomic mass is 16.5. The molecule has 0 saturated heterocycles. The summed E-state index contributed by atoms with van der Waals surface area (Å²) in [6.45, 7) is 0.358. The van der Waals surface area contributed by atoms with Crippen molar-refractivity contribution in [1.82, 2.24) is 15.3 Å². The van der Waals surface area contributed by atoms with E-state index in [2.05, 4.69) is 27.1 Å². The Morgan fingerprint density at radius 2 is 1.95 bits per heavy atom. The molecular formula is C16H12N4O2. The molecule has 0 bridgehead atoms. The van der Waals surface area contributed by atoms with Crippen molar-refractivity contribution in [3.63, 3.8) is 0 Å². The minimum absolute atomic E-state index is 0.0909. The third kappa shape index (κ3) is 4.95. The number of rotatable bonds is 3. The third-order valence-electron chi connectivity index (χ3n) is 2.52. The van der Waals surface area contributed by atoms with E-state index < -0.39 is 6.09 Å². The lowest BCUT2D eigenvalue weighted by Gasteiger charge is -2.04. The van der Waals surface area contributed by atoms with Gasteiger partial charge in [-0.15, -0.1) is 0 Å². The number of nitrogens with one attached hydrogen (secondary N) is 1. The van der Waals surface area contributed by atoms with E-state index in [0.717, 1.165) is 5.56 Å². The Morgan fingerprint density at radius 1 is 1.23 bits per heavy atom. The van der Waals surface area contributed by atoms with Gasteiger partial charge in [-0.1, -0.05) is 42.2 Å². The number of benzene rings is 1. The molecule has 0 aliphatic heterocycles. The Balaban J connectivity index is 1.73. The van der Waals surface area contributed by atoms with Crippen molar-refractivity contribution in [3.8, 4) is 17.9 Å². The summed E-state index contributed by atoms with van der Waals surface area (Å²) in [4.78, 5) is 19.0. The van der Waals surface area contributed by atoms with Crippen LogP contribution in [0.25, 0.3) is 0 Å². The van der Waals surface area contributed by atoms with Gasteiger partial charge < -0.3 is 10.1 Å². The zero-order valence-electron chi connectivity index (χ0n) is 11.6. The predicted octanol–water partition coefficient (Wildman–Crippen LogP) is 1.63. The highest BCUT2D eigenvalue weighted by Gasteiger charge is 2.00. The van der Waals surface area contributed by atoms with E-state index in [1.807, 2.05) is 36.4 Å². The summed E-state index contributed by atoms with van der Waals surface area (Å²) in [5.41, 5.74) is 1.48. The molecule has 0 fully saturated rings. The van der Waals surface area contributed by atoms with E-state index in [1.165, 1.54) is 12.4 Å². The summed E-state index contributed by atoms with van der Waals surface area (Å²) in [6, 6.07) is 11.2. The second-order valence-corrected chi connectivity index (χ2v) is 4.12. The number of carbonyl (C=O) groups excluding carboxylic acids is 1. The van der Waals surface area contributed by atoms with Gasteiger partial charge in [-0.25, -0.2) is 14.8 Å². The van der Waals surface area contributed by atoms with Crippen LogP contribution in [0.5, 0.6) is 0 Å². The molecule has 2 rings (SSSR count). The minimum atomic E-state index is -0.533. The van der Waals surface area contributed by atoms with E-state index in [1.54, 1.807) is 0 Å². The summed E-state index contributed by atoms with van der Waals surface area (Å²) in [6.07, 6.45) is 2.37. The van der Waals surface area contributed by atoms with Gasteiger partial charge in [0, 0.05) is 12.4 Å². The number of alkyl carbamates (subject to hydrolysis) is 1. The molecule has 0 atom stereocenters. The highest BCUT2D eigenvalue weighted by molar-refractivity contribution is 5.67. The van der Waals surface area contributed by atoms with Crippen molar-refractivity contribution < 1.29 is 9.53 Å². The van der Waals surface area contributed by atoms with Crippen molar-refractivity contribution in [2.75, 3.05) is 6.54 Å². The molecule has 6 heteroatoms. The average molecular weight is 292 g/mol. The van der Waals surface area contributed by atoms with Crippen molar-refractivity contribution in [2.45, 2.75) is 6.61 Å². The third-order valence-corrected chi connectivity index (χ3v) is 2.52. The van der Waals surface area contributed by atoms with Gasteiger partial charge >= 0.3 is 6.09 Å². The molecule has 1 amide bonds. The molecule has 0 radical (unpaired) electrons. The molecule has 1 aromatic carbocycles. The second-order valence-electron chi connectivity index (χ2n) is 4.12. The van der Waals surface area contributed by atoms with E-state index in [9.17, 15) is 4.79 Å². The lowest BCUT2D eigenvalue weighted by Crippen LogP contribution is -2.24. The molecular weight excluding hydrogens is 280 g/mol. The van der Waals surface area contributed by atoms with Gasteiger partial charge in [-0.05, 0) is 5.56 Å². The Morgan fingerprint density at radius 3 is 2.64 bits per heavy atom. The number of aromatic nitrogens is 2. The molecule has 2 aromatic rings. The molecule has 0 aliphatic rings. The molecule has 0 unspecified atom stereocenters. The average Bonchev–Trinajstić information content (AvgIpc) is 2.58. The fourth-order valence-electron chi connectivity index (χ4n) is 1.49. The van der Waals surface area contributed by atoms with E-state index >= 15 is 0 Å². The Labute approximate surface area is 127 Å². The first-order valence-electron chi connectivity index (χ1n) is 6.43. The van der Waals surface area contributed by atoms with Crippen LogP contribution in [0.4, 0.5) is 4.79 Å². The normalized spacial score (nSPS) is 9.05. The van der Waals surface area contributed by atoms with Crippen LogP contribution in [0.1, 0.15) is 17.0 Å². The van der Waals surface area contributed by atoms with Crippen molar-refractivity contribution in [3.05, 3.63) is 59.7 Å². The smallest absolute Gasteiger partial charge is 0.408 e. The lowest BCUT2D eigenvalue weighted by molar-refractivity contribution is 0.141. The van der Waals surface area contributed by atoms with Crippen molar-refractivity contribution in [1.29, 1.82) is 5.26 Å². The van der Waals surface area contributed by atoms with Gasteiger partial charge in [0.15, 0.2) is 0 Å². The quantitative estimate of drug-likeness (QED) is 0.869. The standard InChI is InChI=1S/C16H12N4O2/c17-9-15-19-10-14(11-20-15)7-4-8-18-16(21)22-12-13-5-2-1-3-6-13/h1-3,5-6,10-11H,8,12H2,(H,18,21). The summed E-state index contributed by atoms with van der Waals surface area (Å²) in [5, 5.41) is 11.1. The van der Waals surface area contributed by atoms with Gasteiger partial charge in [-0.2, -0.15) is 5.26 Å². The molecule has 0 spiro atoms. The van der Waals surface area contributed by atoms with Crippen LogP contribution in [0, 0.1) is 23.2 Å². The van der Waals surface area contributed by atoms with Crippen LogP contribution in [0.15, 0.2) is 42.7 Å². The number of hydrogen-bond acceptors (Lipinski definition) is 5. The van der Waals surface area contributed by atoms with Crippen LogP contribution in [0.2, 0.25) is 0 Å². The van der Waals surface area contributed by atoms with E-state index in [-0.39, 0.29) is 19.0 Å². The van der Waals surface area contributed by atoms with Gasteiger partial charge in [0.25, 0.3) is 0 Å². The topological polar surface area (TPSA) is 87.9 Å². The zero-order valence-corrected chi connectivity index (χ0v) is 11.6. The number of ether oxygens (including phenoxy) is 1. The molecule has 1 aromatic heterocycles. The molecule has 108 valence electrons. The molecule has 0 saturated carbocycles. The highest BCUT2D eigenvalue weighted by Crippen LogP contribution is 2.00. The fourth-order valence-corrected chi connectivity index (χ4v) is 1.49. The van der Waals surface area contributed by atoms with Crippen LogP contribution in [0.3, 0.4) is 0 Å². The van der Waals surface area contributed by atoms with Gasteiger partial charge in [0.05, 0.1) is 12.1 Å². The number of nitriles is 1. The molecule has 22 heavy (non-hydrogen) atoms. The second kappa shape index (κ2) is 8.03. The minimum Gasteiger partial charge on any atom is -0.445 e. The maximum absolute atomic E-state index is 11.4. The monoisotopic (exact) mass is 292 g/mol. The molecule has 1 N–H and O–H groups in total. The fraction of sp³-hybridized carbons (Fsp3) is 0.125. The SMILES string of the molecule is N#Cc1ncc(C#CCNC(=O)OCc2ccccc2)cn1. The van der Waals surface area contributed by atoms with E-state index in [4.69, 9.17) is 10.00 Å². The summed E-state index contributed by atoms with van der Waals surface area (Å²) in [7, 11) is 0. The Kier molecular flexibility index (Phi) is 5.48. The van der Waals surface area contributed by atoms with Crippen LogP contribution >= 0.6 is 0 Å². The molecule has 0 aliphatic carbocycles. The van der Waals surface area contributed by atoms with E-state index in [0.29, 0.717) is 5.56 Å². The van der Waals surface area contributed by atoms with Crippen LogP contribution in [-0.2, 0) is 11.3 Å². The maximum atomic E-state index is 11.4. The number of carbonyl (C=O) groups is 1. The maximum Gasteiger partial charge on any atom is 0.408 e. The summed E-state index contributed by atoms with van der Waals surface area (Å²) < 4.78 is 5.03. The van der Waals surface area contributed by atoms with Crippen molar-refractivity contribution >= 4 is 6.09 Å². The first-order valence-corrected chi connectivity index (χ1v) is 6.43. The summed E-state index contributed by atoms with van der Waals surface area (Å²) in [5.74, 6) is 5.60. The predicted molar refractivity (Wildman–Crippen MR) is 78.3 cm³/mol. The summed E-state index contributed by atoms with van der Waals surface area (Å²) >= 11 is 0. The number of amides is 1. The number of hydrogen-bond donors (Lipinski definition) is 1. The lowest BCUT2D eigenvalue weighted by atomic mass is 10.2. The first kappa shape index (κ1) is 15.0. The first-order chi connectivity index (χ1) is 10.8. The van der Waals surface area contributed by atoms with Gasteiger partial charge in [0.2, 0.25) is 5.82 Å². The number of nitrogens with zero attached hydrogens (tertiary/aromatic N) is 3. The molecule has 1 heterocycles. The van der Waals surface area contributed by atoms with Crippen LogP contribution in [-0.4, -0.2) is 22.6 Å². The van der Waals surface area contributed by atoms with Crippen LogP contribution < -0.4 is 5.32 Å².